The van der Waals surface area contributed by atoms with Crippen LogP contribution in [0.3, 0.4) is 0 Å². The third-order valence-electron chi connectivity index (χ3n) is 4.13. The number of allylic oxidation sites excluding steroid dienone is 1. The van der Waals surface area contributed by atoms with Gasteiger partial charge < -0.3 is 5.11 Å². The van der Waals surface area contributed by atoms with Gasteiger partial charge in [-0.05, 0) is 69.5 Å². The molecular weight excluding hydrogens is 328 g/mol. The average Bonchev–Trinajstić information content (AvgIpc) is 2.57. The maximum Gasteiger partial charge on any atom is 0.328 e. The van der Waals surface area contributed by atoms with Crippen LogP contribution in [0.2, 0.25) is 0 Å². The maximum atomic E-state index is 10.3. The van der Waals surface area contributed by atoms with Crippen molar-refractivity contribution < 1.29 is 14.7 Å². The fourth-order valence-electron chi connectivity index (χ4n) is 2.88. The molecule has 24 heavy (non-hydrogen) atoms. The Hall–Kier alpha value is -1.17. The zero-order chi connectivity index (χ0) is 17.6. The van der Waals surface area contributed by atoms with Crippen molar-refractivity contribution in [3.05, 3.63) is 24.3 Å². The van der Waals surface area contributed by atoms with Gasteiger partial charge in [-0.3, -0.25) is 14.6 Å². The molecule has 1 N–H and O–H groups in total. The van der Waals surface area contributed by atoms with E-state index in [0.717, 1.165) is 39.3 Å². The minimum Gasteiger partial charge on any atom is -0.478 e. The Labute approximate surface area is 149 Å². The second-order valence-corrected chi connectivity index (χ2v) is 6.54. The van der Waals surface area contributed by atoms with Gasteiger partial charge in [0.05, 0.1) is 0 Å². The predicted octanol–water partition coefficient (Wildman–Crippen LogP) is 2.91. The lowest BCUT2D eigenvalue weighted by molar-refractivity contribution is -0.131. The van der Waals surface area contributed by atoms with Crippen LogP contribution >= 0.6 is 11.6 Å². The highest BCUT2D eigenvalue weighted by Crippen LogP contribution is 2.08. The first-order valence-corrected chi connectivity index (χ1v) is 9.16. The van der Waals surface area contributed by atoms with Crippen LogP contribution in [0.15, 0.2) is 24.3 Å². The Balaban J connectivity index is 0.000000240. The predicted molar refractivity (Wildman–Crippen MR) is 97.4 cm³/mol. The van der Waals surface area contributed by atoms with Gasteiger partial charge >= 0.3 is 5.97 Å². The molecule has 0 saturated carbocycles. The largest absolute Gasteiger partial charge is 0.478 e. The highest BCUT2D eigenvalue weighted by Gasteiger charge is 2.08. The van der Waals surface area contributed by atoms with Crippen molar-refractivity contribution >= 4 is 22.8 Å². The van der Waals surface area contributed by atoms with E-state index in [4.69, 9.17) is 16.7 Å². The summed E-state index contributed by atoms with van der Waals surface area (Å²) in [5.74, 6) is -0.855. The summed E-state index contributed by atoms with van der Waals surface area (Å²) in [6, 6.07) is 0. The molecule has 0 aromatic carbocycles. The molecule has 0 aliphatic carbocycles. The van der Waals surface area contributed by atoms with Gasteiger partial charge in [-0.2, -0.15) is 0 Å². The van der Waals surface area contributed by atoms with E-state index >= 15 is 0 Å². The first-order valence-electron chi connectivity index (χ1n) is 8.78. The highest BCUT2D eigenvalue weighted by molar-refractivity contribution is 6.66. The van der Waals surface area contributed by atoms with E-state index in [9.17, 15) is 9.59 Å². The van der Waals surface area contributed by atoms with E-state index < -0.39 is 5.97 Å². The second-order valence-electron chi connectivity index (χ2n) is 6.17. The van der Waals surface area contributed by atoms with Crippen LogP contribution in [0, 0.1) is 0 Å². The molecule has 0 radical (unpaired) electrons. The van der Waals surface area contributed by atoms with Crippen LogP contribution in [-0.4, -0.2) is 65.4 Å². The minimum absolute atomic E-state index is 0.382. The molecule has 0 spiro atoms. The molecule has 2 fully saturated rings. The Kier molecular flexibility index (Phi) is 11.4. The van der Waals surface area contributed by atoms with Crippen LogP contribution in [0.4, 0.5) is 0 Å². The number of hydrogen-bond donors (Lipinski definition) is 1. The monoisotopic (exact) mass is 356 g/mol. The van der Waals surface area contributed by atoms with Crippen molar-refractivity contribution in [2.75, 3.05) is 39.3 Å². The number of carbonyl (C=O) groups excluding carboxylic acids is 1. The fraction of sp³-hybridized carbons (Fsp3) is 0.667. The molecule has 0 aromatic heterocycles. The van der Waals surface area contributed by atoms with Gasteiger partial charge in [0.1, 0.15) is 0 Å². The minimum atomic E-state index is -0.855. The van der Waals surface area contributed by atoms with E-state index in [2.05, 4.69) is 9.80 Å². The van der Waals surface area contributed by atoms with E-state index in [1.165, 1.54) is 50.7 Å². The van der Waals surface area contributed by atoms with Gasteiger partial charge in [0, 0.05) is 19.2 Å². The Morgan fingerprint density at radius 2 is 1.21 bits per heavy atom. The van der Waals surface area contributed by atoms with Crippen molar-refractivity contribution in [1.82, 2.24) is 9.80 Å². The van der Waals surface area contributed by atoms with Gasteiger partial charge in [-0.15, -0.1) is 0 Å². The lowest BCUT2D eigenvalue weighted by Crippen LogP contribution is -2.29. The summed E-state index contributed by atoms with van der Waals surface area (Å²) >= 11 is 5.15. The summed E-state index contributed by atoms with van der Waals surface area (Å²) in [5.41, 5.74) is 0. The Morgan fingerprint density at radius 1 is 0.792 bits per heavy atom. The van der Waals surface area contributed by atoms with Gasteiger partial charge in [-0.25, -0.2) is 4.79 Å². The van der Waals surface area contributed by atoms with Crippen molar-refractivity contribution in [3.63, 3.8) is 0 Å². The molecule has 0 bridgehead atoms. The number of rotatable bonds is 6. The number of carboxylic acids is 1. The SMILES string of the molecule is O=C(Cl)C=CCN1CCCCC1.O=C(O)C=CCN1CCCCC1. The van der Waals surface area contributed by atoms with Crippen LogP contribution < -0.4 is 0 Å². The molecule has 0 atom stereocenters. The number of nitrogens with zero attached hydrogens (tertiary/aromatic N) is 2. The molecule has 5 nitrogen and oxygen atoms in total. The first-order chi connectivity index (χ1) is 11.6. The maximum absolute atomic E-state index is 10.3. The molecule has 2 aliphatic heterocycles. The molecule has 0 amide bonds. The third-order valence-corrected chi connectivity index (χ3v) is 4.26. The molecule has 2 rings (SSSR count). The standard InChI is InChI=1S/C9H14ClNO.C9H15NO2/c10-9(12)5-4-8-11-6-2-1-3-7-11;11-9(12)5-4-8-10-6-2-1-3-7-10/h4-5H,1-3,6-8H2;4-5H,1-3,6-8H2,(H,11,12). The lowest BCUT2D eigenvalue weighted by atomic mass is 10.1. The van der Waals surface area contributed by atoms with Gasteiger partial charge in [-0.1, -0.05) is 25.0 Å². The Bertz CT molecular complexity index is 386. The van der Waals surface area contributed by atoms with Crippen molar-refractivity contribution in [2.45, 2.75) is 38.5 Å². The summed E-state index contributed by atoms with van der Waals surface area (Å²) in [4.78, 5) is 25.1. The van der Waals surface area contributed by atoms with Gasteiger partial charge in [0.2, 0.25) is 5.24 Å². The molecule has 2 aliphatic rings. The number of piperidine rings is 2. The van der Waals surface area contributed by atoms with E-state index in [0.29, 0.717) is 0 Å². The van der Waals surface area contributed by atoms with Crippen molar-refractivity contribution in [1.29, 1.82) is 0 Å². The molecule has 2 heterocycles. The zero-order valence-electron chi connectivity index (χ0n) is 14.3. The summed E-state index contributed by atoms with van der Waals surface area (Å²) in [6.45, 7) is 6.18. The number of likely N-dealkylation sites (tertiary alicyclic amines) is 2. The number of hydrogen-bond acceptors (Lipinski definition) is 4. The topological polar surface area (TPSA) is 60.9 Å². The normalized spacial score (nSPS) is 20.0. The molecular formula is C18H29ClN2O3. The molecule has 6 heteroatoms. The first kappa shape index (κ1) is 20.9. The van der Waals surface area contributed by atoms with Crippen LogP contribution in [0.1, 0.15) is 38.5 Å². The number of carboxylic acid groups (broad SMARTS) is 1. The van der Waals surface area contributed by atoms with E-state index in [1.807, 2.05) is 6.08 Å². The smallest absolute Gasteiger partial charge is 0.328 e. The van der Waals surface area contributed by atoms with Crippen LogP contribution in [0.25, 0.3) is 0 Å². The number of carbonyl (C=O) groups is 2. The zero-order valence-corrected chi connectivity index (χ0v) is 15.1. The van der Waals surface area contributed by atoms with Gasteiger partial charge in [0.25, 0.3) is 0 Å². The van der Waals surface area contributed by atoms with Crippen molar-refractivity contribution in [2.24, 2.45) is 0 Å². The third kappa shape index (κ3) is 11.4. The molecule has 0 aromatic rings. The second kappa shape index (κ2) is 13.2. The summed E-state index contributed by atoms with van der Waals surface area (Å²) in [7, 11) is 0. The number of halogens is 1. The molecule has 0 unspecified atom stereocenters. The molecule has 136 valence electrons. The Morgan fingerprint density at radius 3 is 1.58 bits per heavy atom. The summed E-state index contributed by atoms with van der Waals surface area (Å²) in [5, 5.41) is 7.96. The highest BCUT2D eigenvalue weighted by atomic mass is 35.5. The van der Waals surface area contributed by atoms with Crippen LogP contribution in [0.5, 0.6) is 0 Å². The summed E-state index contributed by atoms with van der Waals surface area (Å²) < 4.78 is 0. The van der Waals surface area contributed by atoms with E-state index in [-0.39, 0.29) is 5.24 Å². The fourth-order valence-corrected chi connectivity index (χ4v) is 2.97. The quantitative estimate of drug-likeness (QED) is 0.585. The lowest BCUT2D eigenvalue weighted by Gasteiger charge is -2.24. The van der Waals surface area contributed by atoms with Gasteiger partial charge in [0.15, 0.2) is 0 Å². The van der Waals surface area contributed by atoms with E-state index in [1.54, 1.807) is 6.08 Å². The average molecular weight is 357 g/mol. The number of aliphatic carboxylic acids is 1. The van der Waals surface area contributed by atoms with Crippen LogP contribution in [-0.2, 0) is 9.59 Å². The van der Waals surface area contributed by atoms with Crippen molar-refractivity contribution in [3.8, 4) is 0 Å². The summed E-state index contributed by atoms with van der Waals surface area (Å²) in [6.07, 6.45) is 13.9. The molecule has 2 saturated heterocycles.